The molecule has 0 saturated carbocycles. The lowest BCUT2D eigenvalue weighted by Gasteiger charge is -2.18. The quantitative estimate of drug-likeness (QED) is 0.284. The van der Waals surface area contributed by atoms with Gasteiger partial charge in [0.1, 0.15) is 5.56 Å². The maximum absolute atomic E-state index is 12.4. The molecule has 1 N–H and O–H groups in total. The highest BCUT2D eigenvalue weighted by atomic mass is 35.5. The van der Waals surface area contributed by atoms with E-state index < -0.39 is 10.8 Å². The van der Waals surface area contributed by atoms with Crippen LogP contribution in [0.1, 0.15) is 28.4 Å². The standard InChI is InChI=1S/C20H20ClN3O7/c1-11(21)8-13-14(17(29-3)19-18(16(13)28-2)30-10-31-19)9-22-23-20(25)12-6-4-5-7-15(12)24(26)27/h4-7,9,11H,8,10H2,1-3H3,(H,23,25)/b22-9-/t11-/m0/s1. The van der Waals surface area contributed by atoms with Gasteiger partial charge >= 0.3 is 0 Å². The van der Waals surface area contributed by atoms with Gasteiger partial charge in [-0.1, -0.05) is 12.1 Å². The van der Waals surface area contributed by atoms with Crippen LogP contribution in [0.15, 0.2) is 29.4 Å². The van der Waals surface area contributed by atoms with Crippen LogP contribution in [0.3, 0.4) is 0 Å². The maximum atomic E-state index is 12.4. The van der Waals surface area contributed by atoms with Gasteiger partial charge in [0, 0.05) is 22.6 Å². The van der Waals surface area contributed by atoms with Crippen molar-refractivity contribution >= 4 is 29.4 Å². The molecule has 0 bridgehead atoms. The molecular formula is C20H20ClN3O7. The summed E-state index contributed by atoms with van der Waals surface area (Å²) in [7, 11) is 2.95. The van der Waals surface area contributed by atoms with Crippen molar-refractivity contribution in [2.45, 2.75) is 18.7 Å². The van der Waals surface area contributed by atoms with Crippen LogP contribution < -0.4 is 24.4 Å². The third-order valence-electron chi connectivity index (χ3n) is 4.47. The number of rotatable bonds is 8. The molecule has 0 unspecified atom stereocenters. The van der Waals surface area contributed by atoms with Gasteiger partial charge in [-0.25, -0.2) is 5.43 Å². The molecule has 3 rings (SSSR count). The van der Waals surface area contributed by atoms with E-state index in [1.807, 2.05) is 6.92 Å². The number of carbonyl (C=O) groups is 1. The highest BCUT2D eigenvalue weighted by Crippen LogP contribution is 2.52. The molecule has 0 fully saturated rings. The number of amides is 1. The van der Waals surface area contributed by atoms with Crippen molar-refractivity contribution in [3.05, 3.63) is 51.1 Å². The van der Waals surface area contributed by atoms with E-state index in [4.69, 9.17) is 30.5 Å². The molecule has 2 aromatic rings. The Morgan fingerprint density at radius 1 is 1.29 bits per heavy atom. The predicted octanol–water partition coefficient (Wildman–Crippen LogP) is 3.27. The second-order valence-electron chi connectivity index (χ2n) is 6.48. The third kappa shape index (κ3) is 4.48. The normalized spacial score (nSPS) is 13.2. The Morgan fingerprint density at radius 3 is 2.55 bits per heavy atom. The first-order valence-electron chi connectivity index (χ1n) is 9.16. The molecule has 1 aliphatic heterocycles. The van der Waals surface area contributed by atoms with Gasteiger partial charge < -0.3 is 18.9 Å². The van der Waals surface area contributed by atoms with Crippen LogP contribution in [0.25, 0.3) is 0 Å². The monoisotopic (exact) mass is 449 g/mol. The maximum Gasteiger partial charge on any atom is 0.282 e. The zero-order chi connectivity index (χ0) is 22.5. The van der Waals surface area contributed by atoms with Crippen LogP contribution in [0, 0.1) is 10.1 Å². The number of methoxy groups -OCH3 is 2. The molecule has 10 nitrogen and oxygen atoms in total. The van der Waals surface area contributed by atoms with Crippen LogP contribution >= 0.6 is 11.6 Å². The SMILES string of the molecule is COc1c(/C=N\NC(=O)c2ccccc2[N+](=O)[O-])c(C[C@H](C)Cl)c(OC)c2c1OCO2. The lowest BCUT2D eigenvalue weighted by Crippen LogP contribution is -2.19. The minimum Gasteiger partial charge on any atom is -0.492 e. The number of hydrogen-bond donors (Lipinski definition) is 1. The number of para-hydroxylation sites is 1. The van der Waals surface area contributed by atoms with E-state index in [0.29, 0.717) is 40.5 Å². The summed E-state index contributed by atoms with van der Waals surface area (Å²) in [6, 6.07) is 5.58. The Labute approximate surface area is 182 Å². The van der Waals surface area contributed by atoms with Crippen molar-refractivity contribution in [2.75, 3.05) is 21.0 Å². The second-order valence-corrected chi connectivity index (χ2v) is 7.23. The van der Waals surface area contributed by atoms with E-state index in [0.717, 1.165) is 0 Å². The van der Waals surface area contributed by atoms with Crippen LogP contribution in [0.2, 0.25) is 0 Å². The summed E-state index contributed by atoms with van der Waals surface area (Å²) in [5.41, 5.74) is 2.98. The topological polar surface area (TPSA) is 122 Å². The number of ether oxygens (including phenoxy) is 4. The largest absolute Gasteiger partial charge is 0.492 e. The van der Waals surface area contributed by atoms with Crippen molar-refractivity contribution in [3.8, 4) is 23.0 Å². The predicted molar refractivity (Wildman–Crippen MR) is 113 cm³/mol. The minimum atomic E-state index is -0.734. The van der Waals surface area contributed by atoms with E-state index in [2.05, 4.69) is 10.5 Å². The molecule has 0 spiro atoms. The fourth-order valence-electron chi connectivity index (χ4n) is 3.21. The van der Waals surface area contributed by atoms with Crippen LogP contribution in [-0.2, 0) is 6.42 Å². The van der Waals surface area contributed by atoms with Gasteiger partial charge in [0.2, 0.25) is 18.3 Å². The average molecular weight is 450 g/mol. The Morgan fingerprint density at radius 2 is 1.94 bits per heavy atom. The highest BCUT2D eigenvalue weighted by molar-refractivity contribution is 6.20. The Hall–Kier alpha value is -3.53. The number of nitro groups is 1. The van der Waals surface area contributed by atoms with Gasteiger partial charge in [0.05, 0.1) is 25.4 Å². The molecule has 2 aromatic carbocycles. The Bertz CT molecular complexity index is 1040. The van der Waals surface area contributed by atoms with E-state index in [1.54, 1.807) is 0 Å². The molecule has 11 heteroatoms. The van der Waals surface area contributed by atoms with Crippen molar-refractivity contribution in [3.63, 3.8) is 0 Å². The number of halogens is 1. The summed E-state index contributed by atoms with van der Waals surface area (Å²) in [6.45, 7) is 1.81. The molecule has 0 saturated heterocycles. The van der Waals surface area contributed by atoms with E-state index in [1.165, 1.54) is 44.7 Å². The lowest BCUT2D eigenvalue weighted by molar-refractivity contribution is -0.385. The first-order chi connectivity index (χ1) is 14.9. The number of hydrogen-bond acceptors (Lipinski definition) is 8. The van der Waals surface area contributed by atoms with Gasteiger partial charge in [-0.2, -0.15) is 5.10 Å². The second kappa shape index (κ2) is 9.52. The molecule has 0 aromatic heterocycles. The van der Waals surface area contributed by atoms with Crippen molar-refractivity contribution in [2.24, 2.45) is 5.10 Å². The molecule has 164 valence electrons. The zero-order valence-corrected chi connectivity index (χ0v) is 17.8. The molecule has 1 aliphatic rings. The van der Waals surface area contributed by atoms with Gasteiger partial charge in [-0.05, 0) is 19.4 Å². The first kappa shape index (κ1) is 22.2. The van der Waals surface area contributed by atoms with Crippen molar-refractivity contribution < 1.29 is 28.7 Å². The number of nitrogens with one attached hydrogen (secondary N) is 1. The Balaban J connectivity index is 2.00. The summed E-state index contributed by atoms with van der Waals surface area (Å²) in [5.74, 6) is 0.767. The summed E-state index contributed by atoms with van der Waals surface area (Å²) in [4.78, 5) is 23.0. The number of fused-ring (bicyclic) bond motifs is 1. The fraction of sp³-hybridized carbons (Fsp3) is 0.300. The summed E-state index contributed by atoms with van der Waals surface area (Å²) < 4.78 is 22.1. The van der Waals surface area contributed by atoms with Gasteiger partial charge in [0.25, 0.3) is 11.6 Å². The summed E-state index contributed by atoms with van der Waals surface area (Å²) >= 11 is 6.22. The number of alkyl halides is 1. The minimum absolute atomic E-state index is 0.00702. The molecule has 1 amide bonds. The van der Waals surface area contributed by atoms with Crippen molar-refractivity contribution in [1.29, 1.82) is 0 Å². The van der Waals surface area contributed by atoms with Crippen LogP contribution in [0.4, 0.5) is 5.69 Å². The van der Waals surface area contributed by atoms with E-state index >= 15 is 0 Å². The number of nitrogens with zero attached hydrogens (tertiary/aromatic N) is 2. The number of nitro benzene ring substituents is 1. The average Bonchev–Trinajstić information content (AvgIpc) is 3.22. The van der Waals surface area contributed by atoms with E-state index in [-0.39, 0.29) is 23.4 Å². The zero-order valence-electron chi connectivity index (χ0n) is 17.0. The summed E-state index contributed by atoms with van der Waals surface area (Å²) in [5, 5.41) is 14.9. The van der Waals surface area contributed by atoms with Gasteiger partial charge in [-0.15, -0.1) is 11.6 Å². The lowest BCUT2D eigenvalue weighted by atomic mass is 9.99. The Kier molecular flexibility index (Phi) is 6.81. The molecule has 0 radical (unpaired) electrons. The highest BCUT2D eigenvalue weighted by Gasteiger charge is 2.31. The van der Waals surface area contributed by atoms with Crippen LogP contribution in [-0.4, -0.2) is 43.4 Å². The number of hydrazone groups is 1. The van der Waals surface area contributed by atoms with E-state index in [9.17, 15) is 14.9 Å². The van der Waals surface area contributed by atoms with Gasteiger partial charge in [-0.3, -0.25) is 14.9 Å². The molecule has 31 heavy (non-hydrogen) atoms. The number of carbonyl (C=O) groups excluding carboxylic acids is 1. The molecule has 0 aliphatic carbocycles. The number of benzene rings is 2. The fourth-order valence-corrected chi connectivity index (χ4v) is 3.37. The first-order valence-corrected chi connectivity index (χ1v) is 9.59. The molecule has 1 atom stereocenters. The van der Waals surface area contributed by atoms with Crippen molar-refractivity contribution in [1.82, 2.24) is 5.43 Å². The smallest absolute Gasteiger partial charge is 0.282 e. The van der Waals surface area contributed by atoms with Gasteiger partial charge in [0.15, 0.2) is 11.5 Å². The molecule has 1 heterocycles. The third-order valence-corrected chi connectivity index (χ3v) is 4.62. The summed E-state index contributed by atoms with van der Waals surface area (Å²) in [6.07, 6.45) is 1.74. The molecular weight excluding hydrogens is 430 g/mol. The van der Waals surface area contributed by atoms with Crippen LogP contribution in [0.5, 0.6) is 23.0 Å².